The van der Waals surface area contributed by atoms with Crippen molar-refractivity contribution < 1.29 is 9.18 Å². The molecule has 11 heteroatoms. The third kappa shape index (κ3) is 4.33. The second-order valence-electron chi connectivity index (χ2n) is 6.94. The predicted molar refractivity (Wildman–Crippen MR) is 119 cm³/mol. The summed E-state index contributed by atoms with van der Waals surface area (Å²) in [7, 11) is 1.77. The number of rotatable bonds is 7. The first kappa shape index (κ1) is 21.5. The topological polar surface area (TPSA) is 99.6 Å². The van der Waals surface area contributed by atoms with E-state index < -0.39 is 5.82 Å². The Hall–Kier alpha value is -3.73. The van der Waals surface area contributed by atoms with E-state index in [1.54, 1.807) is 30.8 Å². The third-order valence-corrected chi connectivity index (χ3v) is 5.79. The lowest BCUT2D eigenvalue weighted by Crippen LogP contribution is -2.23. The van der Waals surface area contributed by atoms with Crippen LogP contribution >= 0.6 is 11.8 Å². The molecule has 0 saturated heterocycles. The minimum Gasteiger partial charge on any atom is -0.320 e. The Labute approximate surface area is 186 Å². The van der Waals surface area contributed by atoms with Crippen molar-refractivity contribution in [2.24, 2.45) is 7.05 Å². The van der Waals surface area contributed by atoms with Crippen molar-refractivity contribution in [2.45, 2.75) is 18.5 Å². The van der Waals surface area contributed by atoms with E-state index in [0.717, 1.165) is 0 Å². The molecule has 0 aliphatic heterocycles. The first-order chi connectivity index (χ1) is 15.5. The van der Waals surface area contributed by atoms with Crippen LogP contribution in [0.5, 0.6) is 0 Å². The number of aromatic nitrogens is 6. The molecule has 0 saturated carbocycles. The Bertz CT molecular complexity index is 1310. The van der Waals surface area contributed by atoms with Crippen LogP contribution in [0, 0.1) is 12.7 Å². The van der Waals surface area contributed by atoms with Crippen molar-refractivity contribution in [1.29, 1.82) is 0 Å². The van der Waals surface area contributed by atoms with Crippen molar-refractivity contribution in [3.8, 4) is 11.4 Å². The van der Waals surface area contributed by atoms with Gasteiger partial charge in [0.2, 0.25) is 11.1 Å². The second kappa shape index (κ2) is 9.18. The average Bonchev–Trinajstić information content (AvgIpc) is 3.33. The highest BCUT2D eigenvalue weighted by Gasteiger charge is 2.18. The number of para-hydroxylation sites is 1. The zero-order valence-electron chi connectivity index (χ0n) is 17.4. The van der Waals surface area contributed by atoms with Gasteiger partial charge in [0.25, 0.3) is 5.56 Å². The van der Waals surface area contributed by atoms with Gasteiger partial charge in [-0.3, -0.25) is 14.3 Å². The number of thioether (sulfide) groups is 1. The average molecular weight is 454 g/mol. The predicted octanol–water partition coefficient (Wildman–Crippen LogP) is 2.72. The number of hydrogen-bond donors (Lipinski definition) is 1. The molecule has 0 fully saturated rings. The molecule has 1 amide bonds. The molecular formula is C21H20FN7O2S. The molecule has 4 aromatic rings. The number of amides is 1. The maximum atomic E-state index is 13.5. The van der Waals surface area contributed by atoms with Crippen molar-refractivity contribution in [3.05, 3.63) is 76.5 Å². The summed E-state index contributed by atoms with van der Waals surface area (Å²) in [4.78, 5) is 25.4. The zero-order chi connectivity index (χ0) is 22.7. The van der Waals surface area contributed by atoms with E-state index in [9.17, 15) is 14.0 Å². The van der Waals surface area contributed by atoms with E-state index >= 15 is 0 Å². The Kier molecular flexibility index (Phi) is 6.17. The largest absolute Gasteiger partial charge is 0.320 e. The Morgan fingerprint density at radius 3 is 2.62 bits per heavy atom. The molecule has 0 aliphatic rings. The van der Waals surface area contributed by atoms with Gasteiger partial charge in [-0.25, -0.2) is 9.07 Å². The number of nitrogens with one attached hydrogen (secondary N) is 1. The lowest BCUT2D eigenvalue weighted by atomic mass is 10.3. The third-order valence-electron chi connectivity index (χ3n) is 4.87. The summed E-state index contributed by atoms with van der Waals surface area (Å²) in [5.74, 6) is -0.318. The fourth-order valence-electron chi connectivity index (χ4n) is 3.19. The fraction of sp³-hybridized carbons (Fsp3) is 0.190. The highest BCUT2D eigenvalue weighted by atomic mass is 32.2. The number of tetrazole rings is 1. The maximum Gasteiger partial charge on any atom is 0.295 e. The number of carbonyl (C=O) groups is 1. The quantitative estimate of drug-likeness (QED) is 0.432. The summed E-state index contributed by atoms with van der Waals surface area (Å²) < 4.78 is 18.1. The van der Waals surface area contributed by atoms with Gasteiger partial charge in [0.15, 0.2) is 0 Å². The van der Waals surface area contributed by atoms with E-state index in [0.29, 0.717) is 28.0 Å². The van der Waals surface area contributed by atoms with Gasteiger partial charge < -0.3 is 5.32 Å². The van der Waals surface area contributed by atoms with Crippen LogP contribution in [-0.2, 0) is 11.8 Å². The summed E-state index contributed by atoms with van der Waals surface area (Å²) in [5.41, 5.74) is 1.80. The summed E-state index contributed by atoms with van der Waals surface area (Å²) in [6, 6.07) is 15.1. The number of halogens is 1. The van der Waals surface area contributed by atoms with Gasteiger partial charge in [-0.2, -0.15) is 4.68 Å². The van der Waals surface area contributed by atoms with Gasteiger partial charge in [-0.15, -0.1) is 5.10 Å². The second-order valence-corrected chi connectivity index (χ2v) is 8.00. The minimum atomic E-state index is -0.396. The van der Waals surface area contributed by atoms with Gasteiger partial charge in [-0.05, 0) is 47.7 Å². The van der Waals surface area contributed by atoms with Gasteiger partial charge >= 0.3 is 0 Å². The van der Waals surface area contributed by atoms with Crippen LogP contribution in [0.15, 0.2) is 64.5 Å². The normalized spacial score (nSPS) is 11.0. The SMILES string of the molecule is Cc1c(NC(=O)CCSc2nnnn2-c2cccc(F)c2)c(=O)n(-c2ccccc2)n1C. The Balaban J connectivity index is 1.42. The molecule has 0 aliphatic carbocycles. The number of anilines is 1. The summed E-state index contributed by atoms with van der Waals surface area (Å²) in [5, 5.41) is 14.6. The molecule has 0 unspecified atom stereocenters. The molecule has 0 spiro atoms. The van der Waals surface area contributed by atoms with Gasteiger partial charge in [0, 0.05) is 19.2 Å². The maximum absolute atomic E-state index is 13.5. The molecule has 2 aromatic carbocycles. The van der Waals surface area contributed by atoms with Crippen LogP contribution in [0.25, 0.3) is 11.4 Å². The number of hydrogen-bond acceptors (Lipinski definition) is 6. The van der Waals surface area contributed by atoms with Crippen molar-refractivity contribution in [2.75, 3.05) is 11.1 Å². The summed E-state index contributed by atoms with van der Waals surface area (Å²) >= 11 is 1.26. The van der Waals surface area contributed by atoms with E-state index in [2.05, 4.69) is 20.8 Å². The van der Waals surface area contributed by atoms with Crippen LogP contribution in [-0.4, -0.2) is 41.2 Å². The summed E-state index contributed by atoms with van der Waals surface area (Å²) in [6.45, 7) is 1.78. The van der Waals surface area contributed by atoms with Crippen molar-refractivity contribution in [1.82, 2.24) is 29.6 Å². The number of benzene rings is 2. The standard InChI is InChI=1S/C21H20FN7O2S/c1-14-19(20(31)29(27(14)2)16-8-4-3-5-9-16)23-18(30)11-12-32-21-24-25-26-28(21)17-10-6-7-15(22)13-17/h3-10,13H,11-12H2,1-2H3,(H,23,30). The molecule has 9 nitrogen and oxygen atoms in total. The smallest absolute Gasteiger partial charge is 0.295 e. The Morgan fingerprint density at radius 1 is 1.12 bits per heavy atom. The fourth-order valence-corrected chi connectivity index (χ4v) is 4.02. The van der Waals surface area contributed by atoms with Crippen molar-refractivity contribution in [3.63, 3.8) is 0 Å². The van der Waals surface area contributed by atoms with Crippen LogP contribution in [0.3, 0.4) is 0 Å². The zero-order valence-corrected chi connectivity index (χ0v) is 18.2. The molecule has 164 valence electrons. The number of nitrogens with zero attached hydrogens (tertiary/aromatic N) is 6. The number of carbonyl (C=O) groups excluding carboxylic acids is 1. The molecule has 4 rings (SSSR count). The van der Waals surface area contributed by atoms with Gasteiger partial charge in [-0.1, -0.05) is 36.0 Å². The van der Waals surface area contributed by atoms with E-state index in [1.165, 1.54) is 33.3 Å². The highest BCUT2D eigenvalue weighted by molar-refractivity contribution is 7.99. The van der Waals surface area contributed by atoms with E-state index in [1.807, 2.05) is 30.3 Å². The van der Waals surface area contributed by atoms with E-state index in [-0.39, 0.29) is 23.6 Å². The van der Waals surface area contributed by atoms with Gasteiger partial charge in [0.05, 0.1) is 17.1 Å². The van der Waals surface area contributed by atoms with Gasteiger partial charge in [0.1, 0.15) is 11.5 Å². The first-order valence-electron chi connectivity index (χ1n) is 9.76. The van der Waals surface area contributed by atoms with Crippen LogP contribution < -0.4 is 10.9 Å². The highest BCUT2D eigenvalue weighted by Crippen LogP contribution is 2.20. The molecule has 0 bridgehead atoms. The van der Waals surface area contributed by atoms with Crippen molar-refractivity contribution >= 4 is 23.4 Å². The van der Waals surface area contributed by atoms with Crippen LogP contribution in [0.4, 0.5) is 10.1 Å². The van der Waals surface area contributed by atoms with Crippen LogP contribution in [0.1, 0.15) is 12.1 Å². The monoisotopic (exact) mass is 453 g/mol. The summed E-state index contributed by atoms with van der Waals surface area (Å²) in [6.07, 6.45) is 0.139. The molecule has 0 radical (unpaired) electrons. The first-order valence-corrected chi connectivity index (χ1v) is 10.8. The minimum absolute atomic E-state index is 0.139. The van der Waals surface area contributed by atoms with Crippen LogP contribution in [0.2, 0.25) is 0 Å². The molecule has 1 N–H and O–H groups in total. The molecule has 2 aromatic heterocycles. The Morgan fingerprint density at radius 2 is 1.88 bits per heavy atom. The molecular weight excluding hydrogens is 433 g/mol. The lowest BCUT2D eigenvalue weighted by Gasteiger charge is -2.07. The molecule has 32 heavy (non-hydrogen) atoms. The lowest BCUT2D eigenvalue weighted by molar-refractivity contribution is -0.115. The molecule has 2 heterocycles. The van der Waals surface area contributed by atoms with E-state index in [4.69, 9.17) is 0 Å². The molecule has 0 atom stereocenters.